The van der Waals surface area contributed by atoms with Crippen LogP contribution in [0.25, 0.3) is 0 Å². The Morgan fingerprint density at radius 2 is 1.45 bits per heavy atom. The van der Waals surface area contributed by atoms with Crippen molar-refractivity contribution in [1.82, 2.24) is 31.5 Å². The van der Waals surface area contributed by atoms with E-state index in [-0.39, 0.29) is 41.8 Å². The molecule has 2 aromatic carbocycles. The number of amides is 4. The second-order valence-electron chi connectivity index (χ2n) is 14.4. The molecule has 2 unspecified atom stereocenters. The molecule has 0 spiro atoms. The van der Waals surface area contributed by atoms with Crippen molar-refractivity contribution in [2.24, 2.45) is 21.8 Å². The first kappa shape index (κ1) is 40.8. The van der Waals surface area contributed by atoms with E-state index >= 15 is 0 Å². The van der Waals surface area contributed by atoms with Crippen LogP contribution in [0.3, 0.4) is 0 Å². The molecule has 1 saturated heterocycles. The van der Waals surface area contributed by atoms with Crippen LogP contribution in [0.2, 0.25) is 0 Å². The average Bonchev–Trinajstić information content (AvgIpc) is 3.99. The van der Waals surface area contributed by atoms with Gasteiger partial charge in [0, 0.05) is 17.9 Å². The summed E-state index contributed by atoms with van der Waals surface area (Å²) in [6.45, 7) is 8.61. The van der Waals surface area contributed by atoms with Gasteiger partial charge < -0.3 is 50.4 Å². The van der Waals surface area contributed by atoms with E-state index in [1.165, 1.54) is 14.2 Å². The van der Waals surface area contributed by atoms with Crippen molar-refractivity contribution in [2.75, 3.05) is 50.6 Å². The topological polar surface area (TPSA) is 193 Å². The van der Waals surface area contributed by atoms with E-state index in [9.17, 15) is 19.2 Å². The number of nitrogens with one attached hydrogen (secondary N) is 5. The predicted octanol–water partition coefficient (Wildman–Crippen LogP) is 4.53. The highest BCUT2D eigenvalue weighted by Gasteiger charge is 2.40. The molecule has 6 rings (SSSR count). The first-order chi connectivity index (χ1) is 26.9. The number of nitrogens with zero attached hydrogens (tertiary/aromatic N) is 3. The number of carbonyl (C=O) groups excluding carboxylic acids is 4. The smallest absolute Gasteiger partial charge is 0.407 e. The number of benzene rings is 2. The SMILES string of the molecule is COC(=O)N[C@H](C(=O)NCSCCC1=NCC(c2ccc3c(c2)Oc2ccc(C4CN=C([C@@H]5CSCN5C(=O)[C@@H](NC(=O)OC)C(C)C)N4)cc2O3)N1)C(C)C. The van der Waals surface area contributed by atoms with Crippen LogP contribution in [-0.4, -0.2) is 109 Å². The molecule has 4 heterocycles. The number of hydrogen-bond acceptors (Lipinski definition) is 14. The first-order valence-corrected chi connectivity index (χ1v) is 20.9. The van der Waals surface area contributed by atoms with Crippen molar-refractivity contribution >= 4 is 59.2 Å². The lowest BCUT2D eigenvalue weighted by Gasteiger charge is -2.30. The molecule has 302 valence electrons. The van der Waals surface area contributed by atoms with Crippen molar-refractivity contribution in [3.05, 3.63) is 47.5 Å². The highest BCUT2D eigenvalue weighted by molar-refractivity contribution is 7.99. The molecule has 5 N–H and O–H groups in total. The Labute approximate surface area is 335 Å². The Morgan fingerprint density at radius 3 is 2.05 bits per heavy atom. The number of fused-ring (bicyclic) bond motifs is 2. The lowest BCUT2D eigenvalue weighted by Crippen LogP contribution is -2.55. The van der Waals surface area contributed by atoms with Crippen LogP contribution in [0.15, 0.2) is 46.4 Å². The molecular formula is C38H50N8O8S2. The minimum Gasteiger partial charge on any atom is -0.453 e. The van der Waals surface area contributed by atoms with E-state index in [1.807, 2.05) is 64.1 Å². The Balaban J connectivity index is 0.977. The number of alkyl carbamates (subject to hydrolysis) is 2. The molecule has 0 saturated carbocycles. The number of rotatable bonds is 14. The van der Waals surface area contributed by atoms with Gasteiger partial charge in [0.1, 0.15) is 17.9 Å². The Kier molecular flexibility index (Phi) is 13.4. The largest absolute Gasteiger partial charge is 0.453 e. The minimum absolute atomic E-state index is 0.00364. The summed E-state index contributed by atoms with van der Waals surface area (Å²) in [4.78, 5) is 60.9. The fraction of sp³-hybridized carbons (Fsp3) is 0.526. The fourth-order valence-corrected chi connectivity index (χ4v) is 8.59. The number of hydrogen-bond donors (Lipinski definition) is 5. The highest BCUT2D eigenvalue weighted by Crippen LogP contribution is 2.47. The summed E-state index contributed by atoms with van der Waals surface area (Å²) in [6, 6.07) is 10.1. The molecule has 0 aliphatic carbocycles. The van der Waals surface area contributed by atoms with E-state index in [1.54, 1.807) is 28.4 Å². The summed E-state index contributed by atoms with van der Waals surface area (Å²) in [5, 5.41) is 15.2. The zero-order valence-electron chi connectivity index (χ0n) is 32.4. The van der Waals surface area contributed by atoms with Gasteiger partial charge in [0.15, 0.2) is 23.0 Å². The normalized spacial score (nSPS) is 20.6. The third kappa shape index (κ3) is 9.57. The number of thioether (sulfide) groups is 2. The summed E-state index contributed by atoms with van der Waals surface area (Å²) in [6.07, 6.45) is -0.549. The molecule has 0 bridgehead atoms. The van der Waals surface area contributed by atoms with Crippen molar-refractivity contribution < 1.29 is 38.1 Å². The Morgan fingerprint density at radius 1 is 0.857 bits per heavy atom. The maximum Gasteiger partial charge on any atom is 0.407 e. The van der Waals surface area contributed by atoms with Crippen LogP contribution in [0, 0.1) is 11.8 Å². The maximum atomic E-state index is 13.6. The number of carbonyl (C=O) groups is 4. The summed E-state index contributed by atoms with van der Waals surface area (Å²) >= 11 is 3.23. The second kappa shape index (κ2) is 18.4. The number of methoxy groups -OCH3 is 2. The summed E-state index contributed by atoms with van der Waals surface area (Å²) in [5.41, 5.74) is 2.01. The van der Waals surface area contributed by atoms with Gasteiger partial charge in [-0.3, -0.25) is 19.6 Å². The van der Waals surface area contributed by atoms with E-state index in [4.69, 9.17) is 24.2 Å². The number of ether oxygens (including phenoxy) is 4. The van der Waals surface area contributed by atoms with Gasteiger partial charge in [-0.2, -0.15) is 0 Å². The molecule has 1 fully saturated rings. The molecule has 2 aromatic rings. The molecule has 5 atom stereocenters. The van der Waals surface area contributed by atoms with Crippen LogP contribution in [0.1, 0.15) is 57.3 Å². The van der Waals surface area contributed by atoms with Gasteiger partial charge in [-0.05, 0) is 47.2 Å². The van der Waals surface area contributed by atoms with Crippen LogP contribution in [0.5, 0.6) is 23.0 Å². The fourth-order valence-electron chi connectivity index (χ4n) is 6.69. The quantitative estimate of drug-likeness (QED) is 0.113. The van der Waals surface area contributed by atoms with Gasteiger partial charge >= 0.3 is 12.2 Å². The van der Waals surface area contributed by atoms with Gasteiger partial charge in [0.05, 0.1) is 63.0 Å². The monoisotopic (exact) mass is 810 g/mol. The van der Waals surface area contributed by atoms with Gasteiger partial charge in [-0.1, -0.05) is 39.8 Å². The standard InChI is InChI=1S/C38H50N8O8S2/c1-20(2)32(44-37(49)51-5)35(47)41-18-55-12-11-31-39-15-24(42-31)22-7-9-27-29(13-22)53-28-10-8-23(14-30(28)54-27)25-16-40-34(43-25)26-17-56-19-46(26)36(48)33(21(3)4)45-38(50)52-6/h7-10,13-14,20-21,24-26,32-33H,11-12,15-19H2,1-6H3,(H,39,42)(H,40,43)(H,41,47)(H,44,49)(H,45,50)/t24?,25?,26-,32-,33-/m0/s1. The lowest BCUT2D eigenvalue weighted by atomic mass is 10.0. The predicted molar refractivity (Wildman–Crippen MR) is 216 cm³/mol. The van der Waals surface area contributed by atoms with E-state index < -0.39 is 24.3 Å². The molecule has 56 heavy (non-hydrogen) atoms. The van der Waals surface area contributed by atoms with E-state index in [2.05, 4.69) is 31.3 Å². The molecule has 4 aliphatic heterocycles. The second-order valence-corrected chi connectivity index (χ2v) is 16.5. The Hall–Kier alpha value is -4.84. The van der Waals surface area contributed by atoms with Crippen LogP contribution in [0.4, 0.5) is 9.59 Å². The summed E-state index contributed by atoms with van der Waals surface area (Å²) in [5.74, 6) is 5.90. The molecule has 16 nitrogen and oxygen atoms in total. The molecule has 4 aliphatic rings. The minimum atomic E-state index is -0.703. The van der Waals surface area contributed by atoms with Crippen LogP contribution < -0.4 is 36.1 Å². The number of aliphatic imine (C=N–C) groups is 2. The van der Waals surface area contributed by atoms with Crippen molar-refractivity contribution in [1.29, 1.82) is 0 Å². The lowest BCUT2D eigenvalue weighted by molar-refractivity contribution is -0.133. The first-order valence-electron chi connectivity index (χ1n) is 18.6. The summed E-state index contributed by atoms with van der Waals surface area (Å²) in [7, 11) is 2.55. The van der Waals surface area contributed by atoms with Crippen molar-refractivity contribution in [3.8, 4) is 23.0 Å². The molecular weight excluding hydrogens is 761 g/mol. The maximum absolute atomic E-state index is 13.6. The third-order valence-electron chi connectivity index (χ3n) is 9.86. The van der Waals surface area contributed by atoms with Gasteiger partial charge in [-0.15, -0.1) is 23.5 Å². The van der Waals surface area contributed by atoms with Gasteiger partial charge in [0.2, 0.25) is 11.8 Å². The highest BCUT2D eigenvalue weighted by atomic mass is 32.2. The number of amidine groups is 2. The van der Waals surface area contributed by atoms with Gasteiger partial charge in [0.25, 0.3) is 0 Å². The van der Waals surface area contributed by atoms with Crippen LogP contribution >= 0.6 is 23.5 Å². The average molecular weight is 811 g/mol. The van der Waals surface area contributed by atoms with Crippen LogP contribution in [-0.2, 0) is 19.1 Å². The van der Waals surface area contributed by atoms with Crippen molar-refractivity contribution in [3.63, 3.8) is 0 Å². The third-order valence-corrected chi connectivity index (χ3v) is 11.7. The Bertz CT molecular complexity index is 1860. The van der Waals surface area contributed by atoms with Crippen molar-refractivity contribution in [2.45, 2.75) is 64.3 Å². The van der Waals surface area contributed by atoms with Gasteiger partial charge in [-0.25, -0.2) is 9.59 Å². The van der Waals surface area contributed by atoms with E-state index in [0.717, 1.165) is 35.0 Å². The summed E-state index contributed by atoms with van der Waals surface area (Å²) < 4.78 is 22.0. The molecule has 0 radical (unpaired) electrons. The molecule has 4 amide bonds. The molecule has 0 aromatic heterocycles. The van der Waals surface area contributed by atoms with E-state index in [0.29, 0.717) is 53.6 Å². The zero-order chi connectivity index (χ0) is 39.9. The zero-order valence-corrected chi connectivity index (χ0v) is 34.0. The molecule has 18 heteroatoms.